The van der Waals surface area contributed by atoms with Crippen molar-refractivity contribution in [3.63, 3.8) is 0 Å². The van der Waals surface area contributed by atoms with Crippen LogP contribution in [0.3, 0.4) is 0 Å². The zero-order valence-electron chi connectivity index (χ0n) is 18.2. The molecular formula is C27H24N4O2. The van der Waals surface area contributed by atoms with E-state index in [9.17, 15) is 4.79 Å². The van der Waals surface area contributed by atoms with Gasteiger partial charge in [-0.15, -0.1) is 0 Å². The van der Waals surface area contributed by atoms with Gasteiger partial charge >= 0.3 is 0 Å². The van der Waals surface area contributed by atoms with Crippen molar-refractivity contribution in [2.45, 2.75) is 19.4 Å². The Labute approximate surface area is 191 Å². The maximum atomic E-state index is 12.7. The monoisotopic (exact) mass is 436 g/mol. The molecule has 2 heterocycles. The topological polar surface area (TPSA) is 96.9 Å². The smallest absolute Gasteiger partial charge is 0.241 e. The van der Waals surface area contributed by atoms with Gasteiger partial charge in [-0.2, -0.15) is 0 Å². The van der Waals surface area contributed by atoms with Gasteiger partial charge in [-0.3, -0.25) is 4.79 Å². The number of aromatic nitrogens is 2. The Morgan fingerprint density at radius 2 is 1.88 bits per heavy atom. The van der Waals surface area contributed by atoms with E-state index in [1.807, 2.05) is 66.9 Å². The molecule has 3 aromatic carbocycles. The highest BCUT2D eigenvalue weighted by molar-refractivity contribution is 5.95. The molecule has 33 heavy (non-hydrogen) atoms. The first-order valence-corrected chi connectivity index (χ1v) is 10.8. The lowest BCUT2D eigenvalue weighted by atomic mass is 9.98. The molecule has 1 amide bonds. The maximum absolute atomic E-state index is 12.7. The molecular weight excluding hydrogens is 412 g/mol. The number of anilines is 1. The van der Waals surface area contributed by atoms with Crippen LogP contribution in [0.2, 0.25) is 0 Å². The number of hydrogen-bond donors (Lipinski definition) is 3. The summed E-state index contributed by atoms with van der Waals surface area (Å²) in [6.45, 7) is 2.06. The normalized spacial score (nSPS) is 12.1. The number of oxazole rings is 1. The Kier molecular flexibility index (Phi) is 5.50. The van der Waals surface area contributed by atoms with Gasteiger partial charge in [0.05, 0.1) is 12.2 Å². The van der Waals surface area contributed by atoms with E-state index in [0.29, 0.717) is 18.0 Å². The summed E-state index contributed by atoms with van der Waals surface area (Å²) in [4.78, 5) is 20.1. The summed E-state index contributed by atoms with van der Waals surface area (Å²) in [6, 6.07) is 21.2. The van der Waals surface area contributed by atoms with Gasteiger partial charge in [0, 0.05) is 28.4 Å². The molecule has 0 aliphatic heterocycles. The highest BCUT2D eigenvalue weighted by Crippen LogP contribution is 2.29. The number of nitrogens with zero attached hydrogens (tertiary/aromatic N) is 1. The highest BCUT2D eigenvalue weighted by Gasteiger charge is 2.17. The van der Waals surface area contributed by atoms with Crippen molar-refractivity contribution < 1.29 is 9.21 Å². The van der Waals surface area contributed by atoms with Crippen LogP contribution < -0.4 is 11.1 Å². The first-order chi connectivity index (χ1) is 16.1. The predicted octanol–water partition coefficient (Wildman–Crippen LogP) is 5.31. The van der Waals surface area contributed by atoms with Crippen molar-refractivity contribution in [2.24, 2.45) is 5.73 Å². The summed E-state index contributed by atoms with van der Waals surface area (Å²) >= 11 is 0. The average Bonchev–Trinajstić information content (AvgIpc) is 3.51. The molecule has 0 aliphatic carbocycles. The number of aryl methyl sites for hydroxylation is 1. The van der Waals surface area contributed by atoms with E-state index in [1.165, 1.54) is 0 Å². The van der Waals surface area contributed by atoms with E-state index in [0.717, 1.165) is 38.7 Å². The van der Waals surface area contributed by atoms with Crippen molar-refractivity contribution in [3.8, 4) is 22.6 Å². The molecule has 4 N–H and O–H groups in total. The Morgan fingerprint density at radius 1 is 1.09 bits per heavy atom. The molecule has 5 rings (SSSR count). The lowest BCUT2D eigenvalue weighted by Gasteiger charge is -2.13. The highest BCUT2D eigenvalue weighted by atomic mass is 16.3. The first kappa shape index (κ1) is 20.7. The average molecular weight is 437 g/mol. The number of amides is 1. The van der Waals surface area contributed by atoms with Crippen molar-refractivity contribution in [1.29, 1.82) is 0 Å². The number of nitrogens with one attached hydrogen (secondary N) is 2. The predicted molar refractivity (Wildman–Crippen MR) is 131 cm³/mol. The van der Waals surface area contributed by atoms with Gasteiger partial charge in [-0.25, -0.2) is 4.98 Å². The summed E-state index contributed by atoms with van der Waals surface area (Å²) in [5.41, 5.74) is 13.2. The molecule has 0 fully saturated rings. The van der Waals surface area contributed by atoms with E-state index < -0.39 is 6.04 Å². The van der Waals surface area contributed by atoms with Crippen molar-refractivity contribution >= 4 is 22.5 Å². The molecule has 5 aromatic rings. The molecule has 6 nitrogen and oxygen atoms in total. The zero-order valence-corrected chi connectivity index (χ0v) is 18.2. The minimum absolute atomic E-state index is 0.213. The van der Waals surface area contributed by atoms with E-state index >= 15 is 0 Å². The van der Waals surface area contributed by atoms with Gasteiger partial charge in [0.2, 0.25) is 11.8 Å². The van der Waals surface area contributed by atoms with Crippen molar-refractivity contribution in [2.75, 3.05) is 5.32 Å². The van der Waals surface area contributed by atoms with E-state index in [1.54, 1.807) is 12.5 Å². The van der Waals surface area contributed by atoms with Gasteiger partial charge < -0.3 is 20.5 Å². The third-order valence-corrected chi connectivity index (χ3v) is 5.83. The molecule has 0 radical (unpaired) electrons. The number of para-hydroxylation sites is 1. The molecule has 0 bridgehead atoms. The van der Waals surface area contributed by atoms with Crippen LogP contribution in [0.5, 0.6) is 0 Å². The molecule has 164 valence electrons. The molecule has 1 unspecified atom stereocenters. The van der Waals surface area contributed by atoms with Gasteiger partial charge in [-0.05, 0) is 65.9 Å². The number of nitrogens with two attached hydrogens (primary N) is 1. The molecule has 0 spiro atoms. The molecule has 6 heteroatoms. The van der Waals surface area contributed by atoms with Gasteiger partial charge in [0.15, 0.2) is 0 Å². The van der Waals surface area contributed by atoms with Crippen LogP contribution in [0.4, 0.5) is 5.69 Å². The maximum Gasteiger partial charge on any atom is 0.241 e. The number of H-pyrrole nitrogens is 1. The first-order valence-electron chi connectivity index (χ1n) is 10.8. The SMILES string of the molecule is Cc1ccc(-c2ncco2)cc1-c1ccc(NC(=O)C(N)Cc2c[nH]c3ccccc23)cc1. The van der Waals surface area contributed by atoms with Crippen LogP contribution in [-0.4, -0.2) is 21.9 Å². The third kappa shape index (κ3) is 4.29. The number of fused-ring (bicyclic) bond motifs is 1. The van der Waals surface area contributed by atoms with Crippen LogP contribution in [0.1, 0.15) is 11.1 Å². The summed E-state index contributed by atoms with van der Waals surface area (Å²) < 4.78 is 5.42. The second-order valence-electron chi connectivity index (χ2n) is 8.10. The van der Waals surface area contributed by atoms with E-state index in [2.05, 4.69) is 28.3 Å². The van der Waals surface area contributed by atoms with Gasteiger partial charge in [0.1, 0.15) is 6.26 Å². The minimum Gasteiger partial charge on any atom is -0.445 e. The molecule has 0 aliphatic rings. The van der Waals surface area contributed by atoms with Crippen LogP contribution in [0.15, 0.2) is 89.8 Å². The van der Waals surface area contributed by atoms with Gasteiger partial charge in [0.25, 0.3) is 0 Å². The second kappa shape index (κ2) is 8.76. The quantitative estimate of drug-likeness (QED) is 0.336. The largest absolute Gasteiger partial charge is 0.445 e. The summed E-state index contributed by atoms with van der Waals surface area (Å²) in [5.74, 6) is 0.374. The van der Waals surface area contributed by atoms with E-state index in [-0.39, 0.29) is 5.91 Å². The number of rotatable bonds is 6. The summed E-state index contributed by atoms with van der Waals surface area (Å²) in [6.07, 6.45) is 5.58. The second-order valence-corrected chi connectivity index (χ2v) is 8.10. The fourth-order valence-corrected chi connectivity index (χ4v) is 4.03. The zero-order chi connectivity index (χ0) is 22.8. The Morgan fingerprint density at radius 3 is 2.67 bits per heavy atom. The minimum atomic E-state index is -0.649. The Bertz CT molecular complexity index is 1400. The van der Waals surface area contributed by atoms with Crippen LogP contribution in [0, 0.1) is 6.92 Å². The number of aromatic amines is 1. The fourth-order valence-electron chi connectivity index (χ4n) is 4.03. The summed E-state index contributed by atoms with van der Waals surface area (Å²) in [5, 5.41) is 4.02. The number of benzene rings is 3. The lowest BCUT2D eigenvalue weighted by molar-refractivity contribution is -0.117. The molecule has 0 saturated carbocycles. The molecule has 0 saturated heterocycles. The van der Waals surface area contributed by atoms with Crippen molar-refractivity contribution in [1.82, 2.24) is 9.97 Å². The van der Waals surface area contributed by atoms with E-state index in [4.69, 9.17) is 10.2 Å². The fraction of sp³-hybridized carbons (Fsp3) is 0.111. The van der Waals surface area contributed by atoms with Crippen LogP contribution in [-0.2, 0) is 11.2 Å². The number of carbonyl (C=O) groups excluding carboxylic acids is 1. The number of hydrogen-bond acceptors (Lipinski definition) is 4. The third-order valence-electron chi connectivity index (χ3n) is 5.83. The van der Waals surface area contributed by atoms with Gasteiger partial charge in [-0.1, -0.05) is 36.4 Å². The Balaban J connectivity index is 1.29. The number of carbonyl (C=O) groups is 1. The van der Waals surface area contributed by atoms with Crippen LogP contribution >= 0.6 is 0 Å². The van der Waals surface area contributed by atoms with Crippen molar-refractivity contribution in [3.05, 3.63) is 96.5 Å². The summed E-state index contributed by atoms with van der Waals surface area (Å²) in [7, 11) is 0. The molecule has 2 aromatic heterocycles. The van der Waals surface area contributed by atoms with Crippen LogP contribution in [0.25, 0.3) is 33.5 Å². The molecule has 1 atom stereocenters. The Hall–Kier alpha value is -4.16. The lowest BCUT2D eigenvalue weighted by Crippen LogP contribution is -2.37. The standard InChI is InChI=1S/C27H24N4O2/c1-17-6-7-19(27-29-12-13-33-27)14-23(17)18-8-10-21(11-9-18)31-26(32)24(28)15-20-16-30-25-5-3-2-4-22(20)25/h2-14,16,24,30H,15,28H2,1H3,(H,31,32).